The summed E-state index contributed by atoms with van der Waals surface area (Å²) in [5, 5.41) is 4.08. The largest absolute Gasteiger partial charge is 0.474 e. The van der Waals surface area contributed by atoms with Crippen LogP contribution in [0.4, 0.5) is 10.2 Å². The van der Waals surface area contributed by atoms with Crippen molar-refractivity contribution in [3.63, 3.8) is 0 Å². The van der Waals surface area contributed by atoms with Gasteiger partial charge in [-0.1, -0.05) is 18.6 Å². The van der Waals surface area contributed by atoms with Crippen LogP contribution in [0.5, 0.6) is 5.88 Å². The minimum absolute atomic E-state index is 0.224. The second kappa shape index (κ2) is 9.30. The molecule has 4 aromatic heterocycles. The first kappa shape index (κ1) is 20.4. The highest BCUT2D eigenvalue weighted by Crippen LogP contribution is 2.25. The monoisotopic (exact) mass is 432 g/mol. The van der Waals surface area contributed by atoms with Crippen LogP contribution in [0.3, 0.4) is 0 Å². The van der Waals surface area contributed by atoms with E-state index in [0.717, 1.165) is 35.0 Å². The van der Waals surface area contributed by atoms with E-state index in [4.69, 9.17) is 4.74 Å². The third kappa shape index (κ3) is 4.54. The van der Waals surface area contributed by atoms with E-state index in [-0.39, 0.29) is 6.10 Å². The van der Waals surface area contributed by atoms with Gasteiger partial charge in [0.05, 0.1) is 0 Å². The number of hydrogen-bond donors (Lipinski definition) is 2. The lowest BCUT2D eigenvalue weighted by atomic mass is 9.98. The summed E-state index contributed by atoms with van der Waals surface area (Å²) in [7, 11) is 0. The van der Waals surface area contributed by atoms with Gasteiger partial charge in [-0.2, -0.15) is 4.39 Å². The Morgan fingerprint density at radius 3 is 2.84 bits per heavy atom. The molecule has 1 saturated carbocycles. The molecule has 5 rings (SSSR count). The second-order valence-corrected chi connectivity index (χ2v) is 8.12. The molecular weight excluding hydrogens is 407 g/mol. The van der Waals surface area contributed by atoms with Gasteiger partial charge in [0.25, 0.3) is 0 Å². The number of anilines is 1. The van der Waals surface area contributed by atoms with Gasteiger partial charge in [0.15, 0.2) is 0 Å². The molecule has 0 atom stereocenters. The van der Waals surface area contributed by atoms with E-state index in [1.807, 2.05) is 18.3 Å². The number of H-pyrrole nitrogens is 1. The van der Waals surface area contributed by atoms with Crippen LogP contribution in [0.25, 0.3) is 11.0 Å². The van der Waals surface area contributed by atoms with Gasteiger partial charge in [-0.05, 0) is 43.4 Å². The molecule has 7 nitrogen and oxygen atoms in total. The third-order valence-electron chi connectivity index (χ3n) is 5.89. The maximum atomic E-state index is 14.7. The van der Waals surface area contributed by atoms with Crippen LogP contribution in [-0.2, 0) is 13.0 Å². The normalized spacial score (nSPS) is 14.5. The Morgan fingerprint density at radius 2 is 1.97 bits per heavy atom. The zero-order chi connectivity index (χ0) is 21.8. The molecule has 0 unspecified atom stereocenters. The Morgan fingerprint density at radius 1 is 1.06 bits per heavy atom. The van der Waals surface area contributed by atoms with Crippen LogP contribution in [0.1, 0.15) is 48.8 Å². The van der Waals surface area contributed by atoms with Crippen molar-refractivity contribution < 1.29 is 9.13 Å². The molecule has 8 heteroatoms. The van der Waals surface area contributed by atoms with E-state index in [9.17, 15) is 4.39 Å². The van der Waals surface area contributed by atoms with E-state index in [2.05, 4.69) is 30.2 Å². The molecule has 164 valence electrons. The predicted octanol–water partition coefficient (Wildman–Crippen LogP) is 4.80. The summed E-state index contributed by atoms with van der Waals surface area (Å²) >= 11 is 0. The summed E-state index contributed by atoms with van der Waals surface area (Å²) in [4.78, 5) is 19.8. The fourth-order valence-corrected chi connectivity index (χ4v) is 4.15. The van der Waals surface area contributed by atoms with Gasteiger partial charge in [0.2, 0.25) is 11.8 Å². The molecule has 1 aliphatic carbocycles. The first-order valence-corrected chi connectivity index (χ1v) is 11.0. The van der Waals surface area contributed by atoms with Crippen LogP contribution >= 0.6 is 0 Å². The summed E-state index contributed by atoms with van der Waals surface area (Å²) in [5.74, 6) is 0.623. The van der Waals surface area contributed by atoms with Crippen LogP contribution in [0, 0.1) is 5.95 Å². The Bertz CT molecular complexity index is 1200. The number of fused-ring (bicyclic) bond motifs is 1. The van der Waals surface area contributed by atoms with Gasteiger partial charge in [0.1, 0.15) is 23.9 Å². The van der Waals surface area contributed by atoms with Crippen LogP contribution in [-0.4, -0.2) is 31.0 Å². The lowest BCUT2D eigenvalue weighted by Crippen LogP contribution is -2.21. The summed E-state index contributed by atoms with van der Waals surface area (Å²) in [6.07, 6.45) is 13.2. The van der Waals surface area contributed by atoms with Gasteiger partial charge < -0.3 is 15.0 Å². The molecule has 4 aromatic rings. The van der Waals surface area contributed by atoms with Gasteiger partial charge in [0, 0.05) is 48.1 Å². The number of pyridine rings is 2. The molecule has 0 aromatic carbocycles. The van der Waals surface area contributed by atoms with Crippen molar-refractivity contribution in [2.24, 2.45) is 0 Å². The minimum Gasteiger partial charge on any atom is -0.474 e. The Labute approximate surface area is 185 Å². The SMILES string of the molecule is Fc1nc(NCc2cccnc2OC2CCCCC2)ccc1Cc1c[nH]c2ncncc12. The predicted molar refractivity (Wildman–Crippen MR) is 120 cm³/mol. The van der Waals surface area contributed by atoms with E-state index in [1.54, 1.807) is 24.5 Å². The van der Waals surface area contributed by atoms with Crippen molar-refractivity contribution in [2.45, 2.75) is 51.2 Å². The van der Waals surface area contributed by atoms with Crippen molar-refractivity contribution >= 4 is 16.9 Å². The number of aromatic nitrogens is 5. The van der Waals surface area contributed by atoms with E-state index < -0.39 is 5.95 Å². The molecule has 0 amide bonds. The topological polar surface area (TPSA) is 88.6 Å². The van der Waals surface area contributed by atoms with Crippen molar-refractivity contribution in [3.05, 3.63) is 71.8 Å². The van der Waals surface area contributed by atoms with Crippen molar-refractivity contribution in [3.8, 4) is 5.88 Å². The average Bonchev–Trinajstić information content (AvgIpc) is 3.24. The highest BCUT2D eigenvalue weighted by atomic mass is 19.1. The highest BCUT2D eigenvalue weighted by Gasteiger charge is 2.17. The molecule has 0 aliphatic heterocycles. The average molecular weight is 433 g/mol. The molecule has 4 heterocycles. The molecule has 0 saturated heterocycles. The van der Waals surface area contributed by atoms with Crippen LogP contribution in [0.15, 0.2) is 49.2 Å². The van der Waals surface area contributed by atoms with Crippen LogP contribution < -0.4 is 10.1 Å². The molecule has 2 N–H and O–H groups in total. The lowest BCUT2D eigenvalue weighted by molar-refractivity contribution is 0.147. The van der Waals surface area contributed by atoms with Crippen LogP contribution in [0.2, 0.25) is 0 Å². The highest BCUT2D eigenvalue weighted by molar-refractivity contribution is 5.78. The number of rotatable bonds is 7. The molecule has 0 spiro atoms. The minimum atomic E-state index is -0.494. The maximum absolute atomic E-state index is 14.7. The summed E-state index contributed by atoms with van der Waals surface area (Å²) in [6.45, 7) is 0.460. The molecule has 1 fully saturated rings. The molecule has 0 radical (unpaired) electrons. The summed E-state index contributed by atoms with van der Waals surface area (Å²) < 4.78 is 20.9. The quantitative estimate of drug-likeness (QED) is 0.408. The molecule has 0 bridgehead atoms. The Hall–Kier alpha value is -3.55. The molecule has 32 heavy (non-hydrogen) atoms. The maximum Gasteiger partial charge on any atom is 0.218 e. The Balaban J connectivity index is 1.25. The molecular formula is C24H25FN6O. The smallest absolute Gasteiger partial charge is 0.218 e. The van der Waals surface area contributed by atoms with E-state index >= 15 is 0 Å². The second-order valence-electron chi connectivity index (χ2n) is 8.12. The number of ether oxygens (including phenoxy) is 1. The first-order valence-electron chi connectivity index (χ1n) is 11.0. The number of halogens is 1. The number of hydrogen-bond acceptors (Lipinski definition) is 6. The number of aromatic amines is 1. The van der Waals surface area contributed by atoms with E-state index in [0.29, 0.717) is 30.2 Å². The zero-order valence-corrected chi connectivity index (χ0v) is 17.7. The summed E-state index contributed by atoms with van der Waals surface area (Å²) in [5.41, 5.74) is 3.12. The third-order valence-corrected chi connectivity index (χ3v) is 5.89. The fourth-order valence-electron chi connectivity index (χ4n) is 4.15. The number of nitrogens with zero attached hydrogens (tertiary/aromatic N) is 4. The van der Waals surface area contributed by atoms with Crippen molar-refractivity contribution in [1.29, 1.82) is 0 Å². The van der Waals surface area contributed by atoms with Gasteiger partial charge in [-0.15, -0.1) is 0 Å². The Kier molecular flexibility index (Phi) is 5.91. The van der Waals surface area contributed by atoms with E-state index in [1.165, 1.54) is 25.6 Å². The van der Waals surface area contributed by atoms with Gasteiger partial charge in [-0.25, -0.2) is 19.9 Å². The van der Waals surface area contributed by atoms with Crippen molar-refractivity contribution in [1.82, 2.24) is 24.9 Å². The number of nitrogens with one attached hydrogen (secondary N) is 2. The van der Waals surface area contributed by atoms with Crippen molar-refractivity contribution in [2.75, 3.05) is 5.32 Å². The first-order chi connectivity index (χ1) is 15.8. The molecule has 1 aliphatic rings. The zero-order valence-electron chi connectivity index (χ0n) is 17.7. The summed E-state index contributed by atoms with van der Waals surface area (Å²) in [6, 6.07) is 7.41. The standard InChI is InChI=1S/C24H25FN6O/c25-22-16(11-18-13-29-23-20(18)14-26-15-30-23)8-9-21(31-22)28-12-17-5-4-10-27-24(17)32-19-6-2-1-3-7-19/h4-5,8-10,13-15,19H,1-3,6-7,11-12H2,(H,28,31)(H,26,29,30). The lowest BCUT2D eigenvalue weighted by Gasteiger charge is -2.23. The fraction of sp³-hybridized carbons (Fsp3) is 0.333. The van der Waals surface area contributed by atoms with Gasteiger partial charge >= 0.3 is 0 Å². The van der Waals surface area contributed by atoms with Gasteiger partial charge in [-0.3, -0.25) is 0 Å².